The fourth-order valence-corrected chi connectivity index (χ4v) is 5.85. The van der Waals surface area contributed by atoms with Crippen molar-refractivity contribution >= 4 is 21.9 Å². The monoisotopic (exact) mass is 576 g/mol. The fraction of sp³-hybridized carbons (Fsp3) is 0. The van der Waals surface area contributed by atoms with E-state index in [2.05, 4.69) is 42.5 Å². The summed E-state index contributed by atoms with van der Waals surface area (Å²) in [5, 5.41) is 12.0. The summed E-state index contributed by atoms with van der Waals surface area (Å²) >= 11 is 0. The van der Waals surface area contributed by atoms with Gasteiger partial charge in [-0.3, -0.25) is 0 Å². The van der Waals surface area contributed by atoms with Crippen LogP contribution in [-0.2, 0) is 0 Å². The van der Waals surface area contributed by atoms with E-state index in [9.17, 15) is 5.26 Å². The molecule has 8 rings (SSSR count). The summed E-state index contributed by atoms with van der Waals surface area (Å²) < 4.78 is 6.56. The largest absolute Gasteiger partial charge is 0.455 e. The highest BCUT2D eigenvalue weighted by Crippen LogP contribution is 2.42. The molecule has 0 aliphatic rings. The summed E-state index contributed by atoms with van der Waals surface area (Å²) in [4.78, 5) is 15.2. The third-order valence-corrected chi connectivity index (χ3v) is 8.00. The number of hydrogen-bond donors (Lipinski definition) is 0. The van der Waals surface area contributed by atoms with Gasteiger partial charge < -0.3 is 4.42 Å². The first-order valence-electron chi connectivity index (χ1n) is 14.7. The predicted molar refractivity (Wildman–Crippen MR) is 179 cm³/mol. The standard InChI is InChI=1S/C40H24N4O/c41-25-30-16-7-8-19-31(30)33-22-23-34-32-20-9-10-21-35(32)45-37(34)36(33)40-43-38(27-14-5-2-6-15-27)42-39(44-40)29-18-11-17-28(24-29)26-12-3-1-4-13-26/h1-24H. The van der Waals surface area contributed by atoms with Gasteiger partial charge in [-0.05, 0) is 41.0 Å². The number of furan rings is 1. The maximum atomic E-state index is 10.1. The first kappa shape index (κ1) is 26.3. The number of benzene rings is 6. The van der Waals surface area contributed by atoms with E-state index >= 15 is 0 Å². The topological polar surface area (TPSA) is 75.6 Å². The molecule has 0 N–H and O–H groups in total. The van der Waals surface area contributed by atoms with E-state index in [1.54, 1.807) is 0 Å². The quantitative estimate of drug-likeness (QED) is 0.204. The Bertz CT molecular complexity index is 2390. The molecule has 0 saturated carbocycles. The third kappa shape index (κ3) is 4.71. The Morgan fingerprint density at radius 3 is 1.89 bits per heavy atom. The van der Waals surface area contributed by atoms with Gasteiger partial charge in [-0.1, -0.05) is 121 Å². The lowest BCUT2D eigenvalue weighted by atomic mass is 9.93. The highest BCUT2D eigenvalue weighted by molar-refractivity contribution is 6.12. The van der Waals surface area contributed by atoms with Crippen LogP contribution in [0.25, 0.3) is 78.4 Å². The molecule has 5 nitrogen and oxygen atoms in total. The van der Waals surface area contributed by atoms with E-state index in [0.717, 1.165) is 49.7 Å². The Morgan fingerprint density at radius 2 is 1.09 bits per heavy atom. The number of fused-ring (bicyclic) bond motifs is 3. The molecular weight excluding hydrogens is 552 g/mol. The van der Waals surface area contributed by atoms with Crippen LogP contribution in [0.5, 0.6) is 0 Å². The Kier molecular flexibility index (Phi) is 6.44. The van der Waals surface area contributed by atoms with Crippen LogP contribution in [0.2, 0.25) is 0 Å². The molecule has 0 atom stereocenters. The Hall–Kier alpha value is -6.38. The average Bonchev–Trinajstić information content (AvgIpc) is 3.50. The summed E-state index contributed by atoms with van der Waals surface area (Å²) in [6, 6.07) is 50.4. The van der Waals surface area contributed by atoms with Gasteiger partial charge in [-0.2, -0.15) is 5.26 Å². The van der Waals surface area contributed by atoms with Crippen molar-refractivity contribution < 1.29 is 4.42 Å². The molecule has 0 fully saturated rings. The van der Waals surface area contributed by atoms with Crippen molar-refractivity contribution in [1.29, 1.82) is 5.26 Å². The zero-order valence-corrected chi connectivity index (χ0v) is 24.1. The zero-order valence-electron chi connectivity index (χ0n) is 24.1. The number of nitriles is 1. The molecule has 0 aliphatic heterocycles. The van der Waals surface area contributed by atoms with E-state index in [1.165, 1.54) is 0 Å². The van der Waals surface area contributed by atoms with Gasteiger partial charge in [0.15, 0.2) is 17.5 Å². The molecule has 2 aromatic heterocycles. The third-order valence-electron chi connectivity index (χ3n) is 8.00. The van der Waals surface area contributed by atoms with Crippen LogP contribution in [0.15, 0.2) is 150 Å². The molecule has 0 bridgehead atoms. The molecule has 0 radical (unpaired) electrons. The lowest BCUT2D eigenvalue weighted by Crippen LogP contribution is -2.02. The van der Waals surface area contributed by atoms with Gasteiger partial charge in [0, 0.05) is 27.5 Å². The number of rotatable bonds is 5. The molecule has 0 spiro atoms. The van der Waals surface area contributed by atoms with E-state index in [0.29, 0.717) is 34.2 Å². The summed E-state index contributed by atoms with van der Waals surface area (Å²) in [6.07, 6.45) is 0. The normalized spacial score (nSPS) is 11.1. The molecule has 0 aliphatic carbocycles. The van der Waals surface area contributed by atoms with Gasteiger partial charge in [0.1, 0.15) is 11.2 Å². The van der Waals surface area contributed by atoms with Crippen molar-refractivity contribution in [2.75, 3.05) is 0 Å². The lowest BCUT2D eigenvalue weighted by Gasteiger charge is -2.14. The van der Waals surface area contributed by atoms with Crippen LogP contribution < -0.4 is 0 Å². The van der Waals surface area contributed by atoms with Crippen molar-refractivity contribution in [3.8, 4) is 62.5 Å². The van der Waals surface area contributed by atoms with Crippen molar-refractivity contribution in [1.82, 2.24) is 15.0 Å². The molecule has 210 valence electrons. The Labute approximate surface area is 259 Å². The SMILES string of the molecule is N#Cc1ccccc1-c1ccc2c(oc3ccccc32)c1-c1nc(-c2ccccc2)nc(-c2cccc(-c3ccccc3)c2)n1. The van der Waals surface area contributed by atoms with Gasteiger partial charge in [0.05, 0.1) is 17.2 Å². The molecule has 6 aromatic carbocycles. The van der Waals surface area contributed by atoms with E-state index in [4.69, 9.17) is 19.4 Å². The van der Waals surface area contributed by atoms with Crippen LogP contribution >= 0.6 is 0 Å². The molecule has 0 saturated heterocycles. The highest BCUT2D eigenvalue weighted by Gasteiger charge is 2.23. The highest BCUT2D eigenvalue weighted by atomic mass is 16.3. The van der Waals surface area contributed by atoms with Crippen LogP contribution in [0.1, 0.15) is 5.56 Å². The molecular formula is C40H24N4O. The molecule has 45 heavy (non-hydrogen) atoms. The number of aromatic nitrogens is 3. The molecule has 0 unspecified atom stereocenters. The summed E-state index contributed by atoms with van der Waals surface area (Å²) in [6.45, 7) is 0. The lowest BCUT2D eigenvalue weighted by molar-refractivity contribution is 0.669. The van der Waals surface area contributed by atoms with Gasteiger partial charge >= 0.3 is 0 Å². The molecule has 5 heteroatoms. The van der Waals surface area contributed by atoms with Crippen molar-refractivity contribution in [2.45, 2.75) is 0 Å². The smallest absolute Gasteiger partial charge is 0.168 e. The maximum absolute atomic E-state index is 10.1. The van der Waals surface area contributed by atoms with Gasteiger partial charge in [-0.15, -0.1) is 0 Å². The Balaban J connectivity index is 1.44. The van der Waals surface area contributed by atoms with Gasteiger partial charge in [0.25, 0.3) is 0 Å². The van der Waals surface area contributed by atoms with Crippen molar-refractivity contribution in [2.24, 2.45) is 0 Å². The van der Waals surface area contributed by atoms with Crippen LogP contribution in [0.4, 0.5) is 0 Å². The second kappa shape index (κ2) is 11.0. The summed E-state index contributed by atoms with van der Waals surface area (Å²) in [7, 11) is 0. The first-order chi connectivity index (χ1) is 22.3. The minimum atomic E-state index is 0.469. The Morgan fingerprint density at radius 1 is 0.467 bits per heavy atom. The number of nitrogens with zero attached hydrogens (tertiary/aromatic N) is 4. The van der Waals surface area contributed by atoms with E-state index in [1.807, 2.05) is 109 Å². The first-order valence-corrected chi connectivity index (χ1v) is 14.7. The summed E-state index contributed by atoms with van der Waals surface area (Å²) in [5.41, 5.74) is 8.22. The zero-order chi connectivity index (χ0) is 30.2. The maximum Gasteiger partial charge on any atom is 0.168 e. The molecule has 0 amide bonds. The number of hydrogen-bond acceptors (Lipinski definition) is 5. The fourth-order valence-electron chi connectivity index (χ4n) is 5.85. The van der Waals surface area contributed by atoms with Crippen LogP contribution in [0, 0.1) is 11.3 Å². The second-order valence-electron chi connectivity index (χ2n) is 10.7. The van der Waals surface area contributed by atoms with E-state index < -0.39 is 0 Å². The molecule has 2 heterocycles. The minimum absolute atomic E-state index is 0.469. The predicted octanol–water partition coefficient (Wildman–Crippen LogP) is 9.98. The van der Waals surface area contributed by atoms with Crippen molar-refractivity contribution in [3.63, 3.8) is 0 Å². The van der Waals surface area contributed by atoms with Crippen LogP contribution in [0.3, 0.4) is 0 Å². The summed E-state index contributed by atoms with van der Waals surface area (Å²) in [5.74, 6) is 1.56. The minimum Gasteiger partial charge on any atom is -0.455 e. The van der Waals surface area contributed by atoms with Gasteiger partial charge in [0.2, 0.25) is 0 Å². The van der Waals surface area contributed by atoms with Crippen molar-refractivity contribution in [3.05, 3.63) is 151 Å². The average molecular weight is 577 g/mol. The van der Waals surface area contributed by atoms with Gasteiger partial charge in [-0.25, -0.2) is 15.0 Å². The van der Waals surface area contributed by atoms with Crippen LogP contribution in [-0.4, -0.2) is 15.0 Å². The number of para-hydroxylation sites is 1. The second-order valence-corrected chi connectivity index (χ2v) is 10.7. The van der Waals surface area contributed by atoms with E-state index in [-0.39, 0.29) is 0 Å². The molecule has 8 aromatic rings.